The fourth-order valence-corrected chi connectivity index (χ4v) is 3.66. The molecule has 0 aliphatic carbocycles. The first-order valence-electron chi connectivity index (χ1n) is 10.9. The second-order valence-electron chi connectivity index (χ2n) is 7.71. The van der Waals surface area contributed by atoms with Crippen LogP contribution >= 0.6 is 0 Å². The van der Waals surface area contributed by atoms with Crippen molar-refractivity contribution in [1.82, 2.24) is 15.6 Å². The molecule has 0 radical (unpaired) electrons. The maximum atomic E-state index is 5.61. The molecule has 2 N–H and O–H groups in total. The van der Waals surface area contributed by atoms with E-state index in [-0.39, 0.29) is 6.10 Å². The van der Waals surface area contributed by atoms with Gasteiger partial charge in [-0.15, -0.1) is 0 Å². The van der Waals surface area contributed by atoms with E-state index in [0.717, 1.165) is 68.0 Å². The van der Waals surface area contributed by atoms with Gasteiger partial charge in [-0.25, -0.2) is 9.98 Å². The number of hydrogen-bond acceptors (Lipinski definition) is 6. The Hall–Kier alpha value is -3.00. The summed E-state index contributed by atoms with van der Waals surface area (Å²) >= 11 is 0. The molecule has 1 saturated heterocycles. The summed E-state index contributed by atoms with van der Waals surface area (Å²) < 4.78 is 16.4. The van der Waals surface area contributed by atoms with Gasteiger partial charge in [-0.3, -0.25) is 0 Å². The molecule has 1 unspecified atom stereocenters. The molecule has 4 rings (SSSR count). The first-order chi connectivity index (χ1) is 15.2. The fourth-order valence-electron chi connectivity index (χ4n) is 3.66. The van der Waals surface area contributed by atoms with Crippen molar-refractivity contribution in [1.29, 1.82) is 0 Å². The van der Waals surface area contributed by atoms with Gasteiger partial charge in [0.2, 0.25) is 6.79 Å². The van der Waals surface area contributed by atoms with Crippen LogP contribution in [0.25, 0.3) is 0 Å². The molecule has 31 heavy (non-hydrogen) atoms. The minimum atomic E-state index is 0.242. The second-order valence-corrected chi connectivity index (χ2v) is 7.71. The molecule has 2 aliphatic rings. The standard InChI is InChI=1S/C23H31N5O3/c1-3-24-23(25-9-8-18-4-6-20-21(12-18)31-16-30-20)27-14-19-5-7-22(26-13-19)28-10-11-29-17(2)15-28/h4-7,12-13,17H,3,8-11,14-16H2,1-2H3,(H2,24,25,27). The molecule has 1 aromatic carbocycles. The first-order valence-corrected chi connectivity index (χ1v) is 10.9. The van der Waals surface area contributed by atoms with Crippen LogP contribution < -0.4 is 25.0 Å². The highest BCUT2D eigenvalue weighted by molar-refractivity contribution is 5.79. The van der Waals surface area contributed by atoms with Crippen molar-refractivity contribution < 1.29 is 14.2 Å². The zero-order chi connectivity index (χ0) is 21.5. The number of rotatable bonds is 7. The average molecular weight is 426 g/mol. The van der Waals surface area contributed by atoms with Gasteiger partial charge < -0.3 is 29.7 Å². The molecular formula is C23H31N5O3. The van der Waals surface area contributed by atoms with E-state index in [1.807, 2.05) is 18.3 Å². The normalized spacial score (nSPS) is 18.2. The predicted molar refractivity (Wildman–Crippen MR) is 121 cm³/mol. The lowest BCUT2D eigenvalue weighted by atomic mass is 10.1. The zero-order valence-corrected chi connectivity index (χ0v) is 18.3. The summed E-state index contributed by atoms with van der Waals surface area (Å²) in [5, 5.41) is 6.70. The molecule has 166 valence electrons. The van der Waals surface area contributed by atoms with E-state index >= 15 is 0 Å². The molecule has 0 bridgehead atoms. The second kappa shape index (κ2) is 10.3. The SMILES string of the molecule is CCNC(=NCc1ccc(N2CCOC(C)C2)nc1)NCCc1ccc2c(c1)OCO2. The highest BCUT2D eigenvalue weighted by Crippen LogP contribution is 2.32. The number of hydrogen-bond donors (Lipinski definition) is 2. The third kappa shape index (κ3) is 5.79. The Bertz CT molecular complexity index is 887. The lowest BCUT2D eigenvalue weighted by molar-refractivity contribution is 0.0529. The third-order valence-electron chi connectivity index (χ3n) is 5.28. The number of morpholine rings is 1. The molecule has 1 fully saturated rings. The lowest BCUT2D eigenvalue weighted by Gasteiger charge is -2.32. The number of aliphatic imine (C=N–C) groups is 1. The van der Waals surface area contributed by atoms with Gasteiger partial charge in [0, 0.05) is 32.4 Å². The molecule has 0 spiro atoms. The number of aromatic nitrogens is 1. The molecule has 0 amide bonds. The van der Waals surface area contributed by atoms with Gasteiger partial charge in [0.25, 0.3) is 0 Å². The Morgan fingerprint density at radius 3 is 2.84 bits per heavy atom. The van der Waals surface area contributed by atoms with Crippen molar-refractivity contribution in [3.05, 3.63) is 47.7 Å². The van der Waals surface area contributed by atoms with E-state index in [4.69, 9.17) is 19.2 Å². The monoisotopic (exact) mass is 425 g/mol. The van der Waals surface area contributed by atoms with Crippen molar-refractivity contribution >= 4 is 11.8 Å². The van der Waals surface area contributed by atoms with Gasteiger partial charge in [0.05, 0.1) is 19.3 Å². The first kappa shape index (κ1) is 21.2. The van der Waals surface area contributed by atoms with Crippen molar-refractivity contribution in [2.24, 2.45) is 4.99 Å². The molecule has 2 aliphatic heterocycles. The van der Waals surface area contributed by atoms with Crippen molar-refractivity contribution in [3.63, 3.8) is 0 Å². The molecule has 3 heterocycles. The van der Waals surface area contributed by atoms with E-state index in [1.54, 1.807) is 0 Å². The fraction of sp³-hybridized carbons (Fsp3) is 0.478. The summed E-state index contributed by atoms with van der Waals surface area (Å²) in [7, 11) is 0. The van der Waals surface area contributed by atoms with Gasteiger partial charge in [-0.05, 0) is 49.6 Å². The van der Waals surface area contributed by atoms with E-state index in [9.17, 15) is 0 Å². The van der Waals surface area contributed by atoms with Gasteiger partial charge >= 0.3 is 0 Å². The van der Waals surface area contributed by atoms with Crippen LogP contribution in [0.4, 0.5) is 5.82 Å². The summed E-state index contributed by atoms with van der Waals surface area (Å²) in [6, 6.07) is 10.2. The number of guanidine groups is 1. The Labute approximate surface area is 183 Å². The number of benzene rings is 1. The Morgan fingerprint density at radius 2 is 2.03 bits per heavy atom. The summed E-state index contributed by atoms with van der Waals surface area (Å²) in [6.07, 6.45) is 3.02. The molecule has 2 aromatic rings. The van der Waals surface area contributed by atoms with E-state index in [1.165, 1.54) is 5.56 Å². The maximum Gasteiger partial charge on any atom is 0.231 e. The number of ether oxygens (including phenoxy) is 3. The maximum absolute atomic E-state index is 5.61. The summed E-state index contributed by atoms with van der Waals surface area (Å²) in [4.78, 5) is 11.6. The van der Waals surface area contributed by atoms with Crippen LogP contribution in [0.2, 0.25) is 0 Å². The molecule has 1 atom stereocenters. The van der Waals surface area contributed by atoms with Crippen LogP contribution in [0.15, 0.2) is 41.5 Å². The van der Waals surface area contributed by atoms with Crippen molar-refractivity contribution in [2.75, 3.05) is 44.5 Å². The van der Waals surface area contributed by atoms with Crippen molar-refractivity contribution in [2.45, 2.75) is 32.9 Å². The predicted octanol–water partition coefficient (Wildman–Crippen LogP) is 2.33. The van der Waals surface area contributed by atoms with E-state index in [2.05, 4.69) is 52.6 Å². The van der Waals surface area contributed by atoms with Gasteiger partial charge in [-0.1, -0.05) is 12.1 Å². The Balaban J connectivity index is 1.29. The minimum absolute atomic E-state index is 0.242. The largest absolute Gasteiger partial charge is 0.454 e. The van der Waals surface area contributed by atoms with Crippen LogP contribution in [-0.4, -0.2) is 56.6 Å². The molecule has 0 saturated carbocycles. The number of anilines is 1. The molecule has 1 aromatic heterocycles. The summed E-state index contributed by atoms with van der Waals surface area (Å²) in [5.74, 6) is 3.43. The highest BCUT2D eigenvalue weighted by atomic mass is 16.7. The smallest absolute Gasteiger partial charge is 0.231 e. The van der Waals surface area contributed by atoms with Gasteiger partial charge in [0.1, 0.15) is 5.82 Å². The van der Waals surface area contributed by atoms with Crippen LogP contribution in [0.1, 0.15) is 25.0 Å². The topological polar surface area (TPSA) is 80.2 Å². The minimum Gasteiger partial charge on any atom is -0.454 e. The van der Waals surface area contributed by atoms with Crippen LogP contribution in [-0.2, 0) is 17.7 Å². The summed E-state index contributed by atoms with van der Waals surface area (Å²) in [5.41, 5.74) is 2.28. The Kier molecular flexibility index (Phi) is 7.09. The number of fused-ring (bicyclic) bond motifs is 1. The van der Waals surface area contributed by atoms with Gasteiger partial charge in [0.15, 0.2) is 17.5 Å². The van der Waals surface area contributed by atoms with Gasteiger partial charge in [-0.2, -0.15) is 0 Å². The summed E-state index contributed by atoms with van der Waals surface area (Å²) in [6.45, 7) is 9.13. The van der Waals surface area contributed by atoms with Crippen LogP contribution in [0, 0.1) is 0 Å². The Morgan fingerprint density at radius 1 is 1.16 bits per heavy atom. The quantitative estimate of drug-likeness (QED) is 0.521. The number of nitrogens with one attached hydrogen (secondary N) is 2. The van der Waals surface area contributed by atoms with Crippen LogP contribution in [0.3, 0.4) is 0 Å². The zero-order valence-electron chi connectivity index (χ0n) is 18.3. The molecule has 8 nitrogen and oxygen atoms in total. The number of pyridine rings is 1. The van der Waals surface area contributed by atoms with Crippen molar-refractivity contribution in [3.8, 4) is 11.5 Å². The van der Waals surface area contributed by atoms with E-state index < -0.39 is 0 Å². The van der Waals surface area contributed by atoms with E-state index in [0.29, 0.717) is 13.3 Å². The van der Waals surface area contributed by atoms with Crippen LogP contribution in [0.5, 0.6) is 11.5 Å². The lowest BCUT2D eigenvalue weighted by Crippen LogP contribution is -2.41. The third-order valence-corrected chi connectivity index (χ3v) is 5.28. The number of nitrogens with zero attached hydrogens (tertiary/aromatic N) is 3. The molecule has 8 heteroatoms. The molecular weight excluding hydrogens is 394 g/mol. The average Bonchev–Trinajstić information content (AvgIpc) is 3.26. The highest BCUT2D eigenvalue weighted by Gasteiger charge is 2.17.